The number of amides is 3. The minimum Gasteiger partial charge on any atom is -0.482 e. The summed E-state index contributed by atoms with van der Waals surface area (Å²) < 4.78 is 5.35. The van der Waals surface area contributed by atoms with Gasteiger partial charge in [-0.2, -0.15) is 0 Å². The zero-order valence-electron chi connectivity index (χ0n) is 16.8. The maximum Gasteiger partial charge on any atom is 0.319 e. The van der Waals surface area contributed by atoms with E-state index in [1.54, 1.807) is 6.07 Å². The van der Waals surface area contributed by atoms with Gasteiger partial charge in [-0.15, -0.1) is 0 Å². The summed E-state index contributed by atoms with van der Waals surface area (Å²) in [7, 11) is 3.83. The molecule has 2 atom stereocenters. The molecule has 2 aromatic rings. The van der Waals surface area contributed by atoms with Crippen LogP contribution in [0.5, 0.6) is 5.75 Å². The van der Waals surface area contributed by atoms with E-state index in [4.69, 9.17) is 16.3 Å². The van der Waals surface area contributed by atoms with Crippen molar-refractivity contribution in [3.8, 4) is 5.75 Å². The Balaban J connectivity index is 1.64. The summed E-state index contributed by atoms with van der Waals surface area (Å²) in [6.45, 7) is 0.753. The van der Waals surface area contributed by atoms with Crippen LogP contribution >= 0.6 is 11.6 Å². The van der Waals surface area contributed by atoms with Crippen LogP contribution in [0, 0.1) is 5.92 Å². The first-order valence-electron chi connectivity index (χ1n) is 9.52. The fourth-order valence-electron chi connectivity index (χ4n) is 3.25. The first-order valence-corrected chi connectivity index (χ1v) is 9.90. The average molecular weight is 433 g/mol. The highest BCUT2D eigenvalue weighted by Gasteiger charge is 2.23. The van der Waals surface area contributed by atoms with Crippen LogP contribution < -0.4 is 20.7 Å². The Morgan fingerprint density at radius 1 is 1.30 bits per heavy atom. The van der Waals surface area contributed by atoms with E-state index < -0.39 is 12.1 Å². The molecule has 160 valence electrons. The van der Waals surface area contributed by atoms with E-state index in [9.17, 15) is 14.7 Å². The Morgan fingerprint density at radius 2 is 2.03 bits per heavy atom. The van der Waals surface area contributed by atoms with Gasteiger partial charge in [-0.25, -0.2) is 4.79 Å². The zero-order chi connectivity index (χ0) is 21.7. The molecule has 9 heteroatoms. The standard InChI is InChI=1S/C21H25ClN4O4/c1-26(2)11-14(20(28)13-6-4-3-5-7-13)10-23-21(29)25-16-9-18-17(8-15(16)22)24-19(27)12-30-18/h3-9,14,20,28H,10-12H2,1-2H3,(H,24,27)(H2,23,25,29). The number of nitrogens with zero attached hydrogens (tertiary/aromatic N) is 1. The third-order valence-corrected chi connectivity index (χ3v) is 4.98. The number of hydrogen-bond donors (Lipinski definition) is 4. The van der Waals surface area contributed by atoms with E-state index in [0.717, 1.165) is 5.56 Å². The first-order chi connectivity index (χ1) is 14.3. The van der Waals surface area contributed by atoms with Crippen molar-refractivity contribution in [1.29, 1.82) is 0 Å². The molecule has 3 amide bonds. The van der Waals surface area contributed by atoms with Gasteiger partial charge < -0.3 is 30.7 Å². The van der Waals surface area contributed by atoms with Crippen molar-refractivity contribution in [1.82, 2.24) is 10.2 Å². The first kappa shape index (κ1) is 21.9. The third-order valence-electron chi connectivity index (χ3n) is 4.66. The number of aliphatic hydroxyl groups is 1. The second-order valence-electron chi connectivity index (χ2n) is 7.38. The summed E-state index contributed by atoms with van der Waals surface area (Å²) in [5.41, 5.74) is 1.61. The summed E-state index contributed by atoms with van der Waals surface area (Å²) in [6.07, 6.45) is -0.724. The predicted molar refractivity (Wildman–Crippen MR) is 116 cm³/mol. The van der Waals surface area contributed by atoms with Crippen molar-refractivity contribution in [2.24, 2.45) is 5.92 Å². The van der Waals surface area contributed by atoms with Crippen molar-refractivity contribution in [2.45, 2.75) is 6.10 Å². The van der Waals surface area contributed by atoms with E-state index in [-0.39, 0.29) is 30.0 Å². The molecule has 3 rings (SSSR count). The van der Waals surface area contributed by atoms with Gasteiger partial charge in [0.2, 0.25) is 0 Å². The van der Waals surface area contributed by atoms with Gasteiger partial charge in [0, 0.05) is 25.1 Å². The lowest BCUT2D eigenvalue weighted by Gasteiger charge is -2.26. The minimum atomic E-state index is -0.724. The molecule has 0 saturated heterocycles. The number of carbonyl (C=O) groups is 2. The smallest absolute Gasteiger partial charge is 0.319 e. The average Bonchev–Trinajstić information content (AvgIpc) is 2.71. The summed E-state index contributed by atoms with van der Waals surface area (Å²) in [6, 6.07) is 12.0. The number of hydrogen-bond acceptors (Lipinski definition) is 5. The largest absolute Gasteiger partial charge is 0.482 e. The number of carbonyl (C=O) groups excluding carboxylic acids is 2. The second kappa shape index (κ2) is 9.80. The van der Waals surface area contributed by atoms with Crippen LogP contribution in [0.1, 0.15) is 11.7 Å². The van der Waals surface area contributed by atoms with Gasteiger partial charge in [0.25, 0.3) is 5.91 Å². The van der Waals surface area contributed by atoms with Crippen LogP contribution in [0.25, 0.3) is 0 Å². The normalized spacial score (nSPS) is 14.9. The molecule has 0 fully saturated rings. The third kappa shape index (κ3) is 5.63. The Morgan fingerprint density at radius 3 is 2.73 bits per heavy atom. The van der Waals surface area contributed by atoms with Gasteiger partial charge in [-0.3, -0.25) is 4.79 Å². The Hall–Kier alpha value is -2.81. The van der Waals surface area contributed by atoms with Crippen LogP contribution in [0.15, 0.2) is 42.5 Å². The van der Waals surface area contributed by atoms with Crippen molar-refractivity contribution in [3.63, 3.8) is 0 Å². The van der Waals surface area contributed by atoms with Gasteiger partial charge in [0.15, 0.2) is 6.61 Å². The minimum absolute atomic E-state index is 0.0934. The van der Waals surface area contributed by atoms with E-state index in [2.05, 4.69) is 16.0 Å². The van der Waals surface area contributed by atoms with Crippen LogP contribution in [0.2, 0.25) is 5.02 Å². The molecule has 2 unspecified atom stereocenters. The molecule has 0 bridgehead atoms. The quantitative estimate of drug-likeness (QED) is 0.538. The zero-order valence-corrected chi connectivity index (χ0v) is 17.6. The predicted octanol–water partition coefficient (Wildman–Crippen LogP) is 2.70. The number of benzene rings is 2. The molecule has 0 spiro atoms. The highest BCUT2D eigenvalue weighted by atomic mass is 35.5. The molecular weight excluding hydrogens is 408 g/mol. The second-order valence-corrected chi connectivity index (χ2v) is 7.79. The van der Waals surface area contributed by atoms with Gasteiger partial charge in [-0.05, 0) is 25.7 Å². The molecule has 0 saturated carbocycles. The molecule has 30 heavy (non-hydrogen) atoms. The van der Waals surface area contributed by atoms with Crippen molar-refractivity contribution in [2.75, 3.05) is 44.4 Å². The van der Waals surface area contributed by atoms with Crippen LogP contribution in [-0.4, -0.2) is 55.7 Å². The van der Waals surface area contributed by atoms with Crippen molar-refractivity contribution >= 4 is 34.9 Å². The van der Waals surface area contributed by atoms with Crippen LogP contribution in [-0.2, 0) is 4.79 Å². The SMILES string of the molecule is CN(C)CC(CNC(=O)Nc1cc2c(cc1Cl)NC(=O)CO2)C(O)c1ccccc1. The fourth-order valence-corrected chi connectivity index (χ4v) is 3.46. The van der Waals surface area contributed by atoms with E-state index in [0.29, 0.717) is 23.7 Å². The molecule has 0 radical (unpaired) electrons. The highest BCUT2D eigenvalue weighted by molar-refractivity contribution is 6.34. The van der Waals surface area contributed by atoms with Crippen LogP contribution in [0.4, 0.5) is 16.2 Å². The molecule has 0 aliphatic carbocycles. The number of halogens is 1. The maximum absolute atomic E-state index is 12.4. The van der Waals surface area contributed by atoms with Crippen LogP contribution in [0.3, 0.4) is 0 Å². The van der Waals surface area contributed by atoms with Gasteiger partial charge in [-0.1, -0.05) is 41.9 Å². The molecule has 1 heterocycles. The lowest BCUT2D eigenvalue weighted by Crippen LogP contribution is -2.39. The Kier molecular flexibility index (Phi) is 7.15. The van der Waals surface area contributed by atoms with Crippen molar-refractivity contribution in [3.05, 3.63) is 53.1 Å². The number of ether oxygens (including phenoxy) is 1. The highest BCUT2D eigenvalue weighted by Crippen LogP contribution is 2.36. The van der Waals surface area contributed by atoms with E-state index in [1.807, 2.05) is 49.3 Å². The Bertz CT molecular complexity index is 907. The summed E-state index contributed by atoms with van der Waals surface area (Å²) in [4.78, 5) is 25.8. The molecular formula is C21H25ClN4O4. The number of urea groups is 1. The lowest BCUT2D eigenvalue weighted by atomic mass is 9.95. The summed E-state index contributed by atoms with van der Waals surface area (Å²) in [5.74, 6) is -0.0501. The number of aliphatic hydroxyl groups excluding tert-OH is 1. The molecule has 8 nitrogen and oxygen atoms in total. The maximum atomic E-state index is 12.4. The number of rotatable bonds is 7. The number of fused-ring (bicyclic) bond motifs is 1. The molecule has 1 aliphatic rings. The fraction of sp³-hybridized carbons (Fsp3) is 0.333. The van der Waals surface area contributed by atoms with E-state index in [1.165, 1.54) is 6.07 Å². The molecule has 1 aliphatic heterocycles. The monoisotopic (exact) mass is 432 g/mol. The molecule has 2 aromatic carbocycles. The topological polar surface area (TPSA) is 103 Å². The van der Waals surface area contributed by atoms with E-state index >= 15 is 0 Å². The summed E-state index contributed by atoms with van der Waals surface area (Å²) in [5, 5.41) is 19.2. The Labute approximate surface area is 180 Å². The molecule has 4 N–H and O–H groups in total. The summed E-state index contributed by atoms with van der Waals surface area (Å²) >= 11 is 6.22. The van der Waals surface area contributed by atoms with Crippen molar-refractivity contribution < 1.29 is 19.4 Å². The molecule has 0 aromatic heterocycles. The van der Waals surface area contributed by atoms with Gasteiger partial charge in [0.05, 0.1) is 22.5 Å². The van der Waals surface area contributed by atoms with Gasteiger partial charge >= 0.3 is 6.03 Å². The van der Waals surface area contributed by atoms with Gasteiger partial charge in [0.1, 0.15) is 5.75 Å². The number of nitrogens with one attached hydrogen (secondary N) is 3. The number of anilines is 2. The lowest BCUT2D eigenvalue weighted by molar-refractivity contribution is -0.118.